The summed E-state index contributed by atoms with van der Waals surface area (Å²) in [6.07, 6.45) is 9.05. The standard InChI is InChI=1S/C21H29FO3.CH2O/c1-3-5-14-7-10-17(11-8-14)24-18-12-9-15-13-16(6-4-2)21(23)25-20(15)19(18)22;1-2/h9,12,14,16-17H,3-8,10-11,13H2,1-2H3;1H2. The molecule has 1 aliphatic carbocycles. The molecule has 5 heteroatoms. The van der Waals surface area contributed by atoms with Gasteiger partial charge in [0.25, 0.3) is 0 Å². The number of fused-ring (bicyclic) bond motifs is 1. The Morgan fingerprint density at radius 1 is 1.11 bits per heavy atom. The van der Waals surface area contributed by atoms with E-state index in [9.17, 15) is 9.18 Å². The van der Waals surface area contributed by atoms with Crippen molar-refractivity contribution in [3.8, 4) is 11.5 Å². The summed E-state index contributed by atoms with van der Waals surface area (Å²) >= 11 is 0. The van der Waals surface area contributed by atoms with Crippen LogP contribution >= 0.6 is 0 Å². The van der Waals surface area contributed by atoms with Crippen molar-refractivity contribution in [3.63, 3.8) is 0 Å². The molecule has 1 aliphatic heterocycles. The smallest absolute Gasteiger partial charge is 0.314 e. The van der Waals surface area contributed by atoms with E-state index in [2.05, 4.69) is 6.92 Å². The molecule has 2 aliphatic rings. The van der Waals surface area contributed by atoms with Crippen LogP contribution in [0.15, 0.2) is 12.1 Å². The topological polar surface area (TPSA) is 52.6 Å². The first kappa shape index (κ1) is 21.4. The third kappa shape index (κ3) is 5.30. The Kier molecular flexibility index (Phi) is 8.26. The Labute approximate surface area is 161 Å². The van der Waals surface area contributed by atoms with Crippen LogP contribution in [-0.4, -0.2) is 18.9 Å². The van der Waals surface area contributed by atoms with Gasteiger partial charge in [-0.05, 0) is 56.1 Å². The third-order valence-corrected chi connectivity index (χ3v) is 5.57. The predicted molar refractivity (Wildman–Crippen MR) is 103 cm³/mol. The zero-order chi connectivity index (χ0) is 19.8. The van der Waals surface area contributed by atoms with E-state index in [1.807, 2.05) is 19.8 Å². The Balaban J connectivity index is 0.00000126. The van der Waals surface area contributed by atoms with Crippen molar-refractivity contribution in [3.05, 3.63) is 23.5 Å². The fourth-order valence-corrected chi connectivity index (χ4v) is 4.17. The maximum atomic E-state index is 14.8. The van der Waals surface area contributed by atoms with Crippen LogP contribution in [0, 0.1) is 17.7 Å². The minimum absolute atomic E-state index is 0.0628. The molecule has 1 heterocycles. The van der Waals surface area contributed by atoms with Gasteiger partial charge in [-0.1, -0.05) is 39.2 Å². The van der Waals surface area contributed by atoms with Crippen LogP contribution < -0.4 is 9.47 Å². The van der Waals surface area contributed by atoms with Crippen molar-refractivity contribution in [2.75, 3.05) is 0 Å². The van der Waals surface area contributed by atoms with Gasteiger partial charge in [0.15, 0.2) is 11.5 Å². The maximum absolute atomic E-state index is 14.8. The molecule has 0 N–H and O–H groups in total. The van der Waals surface area contributed by atoms with Crippen LogP contribution in [0.1, 0.15) is 70.8 Å². The minimum atomic E-state index is -0.517. The fraction of sp³-hybridized carbons (Fsp3) is 0.636. The second-order valence-electron chi connectivity index (χ2n) is 7.53. The first-order chi connectivity index (χ1) is 13.1. The number of benzene rings is 1. The van der Waals surface area contributed by atoms with E-state index in [0.29, 0.717) is 6.42 Å². The number of carbonyl (C=O) groups is 2. The van der Waals surface area contributed by atoms with Crippen LogP contribution in [0.5, 0.6) is 11.5 Å². The van der Waals surface area contributed by atoms with Gasteiger partial charge in [-0.25, -0.2) is 0 Å². The van der Waals surface area contributed by atoms with Crippen molar-refractivity contribution in [2.45, 2.75) is 77.7 Å². The van der Waals surface area contributed by atoms with Gasteiger partial charge in [0.2, 0.25) is 5.82 Å². The monoisotopic (exact) mass is 378 g/mol. The second kappa shape index (κ2) is 10.4. The molecule has 1 aromatic rings. The average Bonchev–Trinajstić information content (AvgIpc) is 2.69. The summed E-state index contributed by atoms with van der Waals surface area (Å²) in [4.78, 5) is 20.1. The molecule has 4 nitrogen and oxygen atoms in total. The van der Waals surface area contributed by atoms with Crippen LogP contribution in [-0.2, 0) is 16.0 Å². The number of carbonyl (C=O) groups excluding carboxylic acids is 2. The largest absolute Gasteiger partial charge is 0.487 e. The highest BCUT2D eigenvalue weighted by Gasteiger charge is 2.32. The van der Waals surface area contributed by atoms with Crippen molar-refractivity contribution >= 4 is 12.8 Å². The molecule has 0 amide bonds. The fourth-order valence-electron chi connectivity index (χ4n) is 4.17. The van der Waals surface area contributed by atoms with E-state index in [1.165, 1.54) is 12.8 Å². The van der Waals surface area contributed by atoms with Crippen molar-refractivity contribution in [1.82, 2.24) is 0 Å². The van der Waals surface area contributed by atoms with E-state index in [-0.39, 0.29) is 29.5 Å². The molecule has 1 atom stereocenters. The molecule has 0 aromatic heterocycles. The number of ether oxygens (including phenoxy) is 2. The van der Waals surface area contributed by atoms with Crippen LogP contribution in [0.3, 0.4) is 0 Å². The Morgan fingerprint density at radius 2 is 1.78 bits per heavy atom. The highest BCUT2D eigenvalue weighted by molar-refractivity contribution is 5.78. The summed E-state index contributed by atoms with van der Waals surface area (Å²) in [5, 5.41) is 0. The van der Waals surface area contributed by atoms with Crippen molar-refractivity contribution in [1.29, 1.82) is 0 Å². The number of hydrogen-bond acceptors (Lipinski definition) is 4. The molecule has 27 heavy (non-hydrogen) atoms. The van der Waals surface area contributed by atoms with Gasteiger partial charge >= 0.3 is 5.97 Å². The summed E-state index contributed by atoms with van der Waals surface area (Å²) < 4.78 is 26.0. The lowest BCUT2D eigenvalue weighted by Gasteiger charge is -2.29. The van der Waals surface area contributed by atoms with E-state index >= 15 is 0 Å². The number of esters is 1. The highest BCUT2D eigenvalue weighted by Crippen LogP contribution is 2.38. The van der Waals surface area contributed by atoms with Crippen LogP contribution in [0.25, 0.3) is 0 Å². The van der Waals surface area contributed by atoms with Crippen LogP contribution in [0.4, 0.5) is 4.39 Å². The SMILES string of the molecule is C=O.CCCC1CCC(Oc2ccc3c(c2F)OC(=O)C(CCC)C3)CC1. The Hall–Kier alpha value is -1.91. The summed E-state index contributed by atoms with van der Waals surface area (Å²) in [6, 6.07) is 3.56. The average molecular weight is 378 g/mol. The van der Waals surface area contributed by atoms with E-state index in [4.69, 9.17) is 14.3 Å². The molecule has 150 valence electrons. The van der Waals surface area contributed by atoms with Gasteiger partial charge in [0.1, 0.15) is 6.79 Å². The zero-order valence-electron chi connectivity index (χ0n) is 16.5. The molecule has 1 saturated carbocycles. The molecule has 3 rings (SSSR count). The van der Waals surface area contributed by atoms with Gasteiger partial charge in [0.05, 0.1) is 12.0 Å². The van der Waals surface area contributed by atoms with Crippen molar-refractivity contribution < 1.29 is 23.5 Å². The predicted octanol–water partition coefficient (Wildman–Crippen LogP) is 5.26. The Morgan fingerprint density at radius 3 is 2.41 bits per heavy atom. The second-order valence-corrected chi connectivity index (χ2v) is 7.53. The summed E-state index contributed by atoms with van der Waals surface area (Å²) in [5.74, 6) is 0.100. The molecular weight excluding hydrogens is 347 g/mol. The summed E-state index contributed by atoms with van der Waals surface area (Å²) in [7, 11) is 0. The van der Waals surface area contributed by atoms with E-state index in [0.717, 1.165) is 50.0 Å². The van der Waals surface area contributed by atoms with Gasteiger partial charge in [-0.15, -0.1) is 0 Å². The van der Waals surface area contributed by atoms with Gasteiger partial charge < -0.3 is 14.3 Å². The minimum Gasteiger partial charge on any atom is -0.487 e. The van der Waals surface area contributed by atoms with Gasteiger partial charge in [0, 0.05) is 0 Å². The lowest BCUT2D eigenvalue weighted by Crippen LogP contribution is -2.29. The third-order valence-electron chi connectivity index (χ3n) is 5.57. The number of hydrogen-bond donors (Lipinski definition) is 0. The highest BCUT2D eigenvalue weighted by atomic mass is 19.1. The van der Waals surface area contributed by atoms with Crippen LogP contribution in [0.2, 0.25) is 0 Å². The maximum Gasteiger partial charge on any atom is 0.314 e. The lowest BCUT2D eigenvalue weighted by atomic mass is 9.84. The molecule has 0 saturated heterocycles. The molecule has 1 fully saturated rings. The van der Waals surface area contributed by atoms with Gasteiger partial charge in [-0.2, -0.15) is 4.39 Å². The molecule has 1 aromatic carbocycles. The number of rotatable bonds is 6. The molecule has 0 radical (unpaired) electrons. The Bertz CT molecular complexity index is 623. The first-order valence-electron chi connectivity index (χ1n) is 10.1. The first-order valence-corrected chi connectivity index (χ1v) is 10.1. The number of halogens is 1. The molecule has 1 unspecified atom stereocenters. The van der Waals surface area contributed by atoms with Crippen molar-refractivity contribution in [2.24, 2.45) is 11.8 Å². The van der Waals surface area contributed by atoms with Gasteiger partial charge in [-0.3, -0.25) is 4.79 Å². The summed E-state index contributed by atoms with van der Waals surface area (Å²) in [5.41, 5.74) is 0.773. The molecular formula is C22H31FO4. The quantitative estimate of drug-likeness (QED) is 0.501. The molecule has 0 bridgehead atoms. The normalized spacial score (nSPS) is 24.3. The van der Waals surface area contributed by atoms with E-state index < -0.39 is 5.82 Å². The summed E-state index contributed by atoms with van der Waals surface area (Å²) in [6.45, 7) is 6.26. The zero-order valence-corrected chi connectivity index (χ0v) is 16.5. The lowest BCUT2D eigenvalue weighted by molar-refractivity contribution is -0.140. The van der Waals surface area contributed by atoms with E-state index in [1.54, 1.807) is 6.07 Å². The molecule has 0 spiro atoms.